The number of nitrogens with one attached hydrogen (secondary N) is 1. The fraction of sp³-hybridized carbons (Fsp3) is 0.692. The fourth-order valence-corrected chi connectivity index (χ4v) is 3.83. The van der Waals surface area contributed by atoms with Crippen molar-refractivity contribution >= 4 is 27.3 Å². The lowest BCUT2D eigenvalue weighted by Gasteiger charge is -2.26. The van der Waals surface area contributed by atoms with Crippen molar-refractivity contribution in [2.75, 3.05) is 6.54 Å². The van der Waals surface area contributed by atoms with Crippen molar-refractivity contribution in [1.82, 2.24) is 5.32 Å². The quantitative estimate of drug-likeness (QED) is 0.868. The first-order valence-corrected chi connectivity index (χ1v) is 7.80. The van der Waals surface area contributed by atoms with Gasteiger partial charge in [-0.05, 0) is 59.3 Å². The van der Waals surface area contributed by atoms with E-state index < -0.39 is 0 Å². The van der Waals surface area contributed by atoms with Gasteiger partial charge in [0.1, 0.15) is 0 Å². The summed E-state index contributed by atoms with van der Waals surface area (Å²) in [5.41, 5.74) is 0. The lowest BCUT2D eigenvalue weighted by molar-refractivity contribution is 0.281. The van der Waals surface area contributed by atoms with E-state index in [1.54, 1.807) is 0 Å². The lowest BCUT2D eigenvalue weighted by atomic mass is 9.83. The lowest BCUT2D eigenvalue weighted by Crippen LogP contribution is -2.25. The Kier molecular flexibility index (Phi) is 4.86. The molecule has 1 fully saturated rings. The Morgan fingerprint density at radius 2 is 2.06 bits per heavy atom. The monoisotopic (exact) mass is 301 g/mol. The van der Waals surface area contributed by atoms with Crippen molar-refractivity contribution in [3.63, 3.8) is 0 Å². The van der Waals surface area contributed by atoms with E-state index in [1.807, 2.05) is 11.3 Å². The maximum atomic E-state index is 3.59. The Balaban J connectivity index is 1.64. The summed E-state index contributed by atoms with van der Waals surface area (Å²) in [4.78, 5) is 1.43. The van der Waals surface area contributed by atoms with Crippen LogP contribution in [-0.4, -0.2) is 6.54 Å². The minimum absolute atomic E-state index is 0.916. The van der Waals surface area contributed by atoms with Gasteiger partial charge in [0.2, 0.25) is 0 Å². The molecule has 90 valence electrons. The molecule has 0 radical (unpaired) electrons. The molecule has 0 atom stereocenters. The van der Waals surface area contributed by atoms with E-state index in [2.05, 4.69) is 40.3 Å². The SMILES string of the molecule is CC1CCC(CNCc2ccc(Br)s2)CC1. The second-order valence-electron chi connectivity index (χ2n) is 4.96. The van der Waals surface area contributed by atoms with E-state index in [-0.39, 0.29) is 0 Å². The van der Waals surface area contributed by atoms with E-state index in [0.29, 0.717) is 0 Å². The summed E-state index contributed by atoms with van der Waals surface area (Å²) in [6.07, 6.45) is 5.69. The van der Waals surface area contributed by atoms with Crippen LogP contribution >= 0.6 is 27.3 Å². The van der Waals surface area contributed by atoms with Crippen molar-refractivity contribution in [3.05, 3.63) is 20.8 Å². The molecule has 0 spiro atoms. The Morgan fingerprint density at radius 3 is 2.69 bits per heavy atom. The van der Waals surface area contributed by atoms with E-state index in [1.165, 1.54) is 40.9 Å². The first kappa shape index (κ1) is 12.6. The van der Waals surface area contributed by atoms with Crippen LogP contribution in [-0.2, 0) is 6.54 Å². The molecule has 1 nitrogen and oxygen atoms in total. The van der Waals surface area contributed by atoms with Crippen molar-refractivity contribution in [2.45, 2.75) is 39.2 Å². The Hall–Kier alpha value is 0.140. The minimum Gasteiger partial charge on any atom is -0.312 e. The van der Waals surface area contributed by atoms with Gasteiger partial charge in [-0.3, -0.25) is 0 Å². The predicted molar refractivity (Wildman–Crippen MR) is 74.8 cm³/mol. The molecular formula is C13H20BrNS. The maximum Gasteiger partial charge on any atom is 0.0701 e. The Bertz CT molecular complexity index is 315. The number of thiophene rings is 1. The third-order valence-corrected chi connectivity index (χ3v) is 5.12. The second-order valence-corrected chi connectivity index (χ2v) is 7.51. The molecule has 0 amide bonds. The normalized spacial score (nSPS) is 25.9. The van der Waals surface area contributed by atoms with Crippen molar-refractivity contribution < 1.29 is 0 Å². The molecule has 3 heteroatoms. The van der Waals surface area contributed by atoms with Crippen molar-refractivity contribution in [1.29, 1.82) is 0 Å². The van der Waals surface area contributed by atoms with Gasteiger partial charge >= 0.3 is 0 Å². The van der Waals surface area contributed by atoms with Crippen molar-refractivity contribution in [2.24, 2.45) is 11.8 Å². The van der Waals surface area contributed by atoms with Crippen LogP contribution in [0.2, 0.25) is 0 Å². The van der Waals surface area contributed by atoms with Crippen LogP contribution < -0.4 is 5.32 Å². The van der Waals surface area contributed by atoms with E-state index in [4.69, 9.17) is 0 Å². The summed E-state index contributed by atoms with van der Waals surface area (Å²) < 4.78 is 1.23. The highest BCUT2D eigenvalue weighted by atomic mass is 79.9. The molecule has 1 N–H and O–H groups in total. The van der Waals surface area contributed by atoms with Gasteiger partial charge in [0, 0.05) is 11.4 Å². The first-order valence-electron chi connectivity index (χ1n) is 6.19. The molecule has 0 aromatic carbocycles. The topological polar surface area (TPSA) is 12.0 Å². The molecule has 0 bridgehead atoms. The number of rotatable bonds is 4. The zero-order valence-electron chi connectivity index (χ0n) is 9.84. The molecule has 2 rings (SSSR count). The van der Waals surface area contributed by atoms with Crippen LogP contribution in [0.15, 0.2) is 15.9 Å². The molecule has 0 aliphatic heterocycles. The molecule has 1 saturated carbocycles. The van der Waals surface area contributed by atoms with Gasteiger partial charge in [-0.15, -0.1) is 11.3 Å². The summed E-state index contributed by atoms with van der Waals surface area (Å²) in [5.74, 6) is 1.88. The van der Waals surface area contributed by atoms with Crippen LogP contribution in [0.5, 0.6) is 0 Å². The zero-order chi connectivity index (χ0) is 11.4. The Morgan fingerprint density at radius 1 is 1.31 bits per heavy atom. The smallest absolute Gasteiger partial charge is 0.0701 e. The second kappa shape index (κ2) is 6.18. The van der Waals surface area contributed by atoms with Gasteiger partial charge < -0.3 is 5.32 Å². The van der Waals surface area contributed by atoms with Crippen LogP contribution in [0, 0.1) is 11.8 Å². The molecule has 0 unspecified atom stereocenters. The van der Waals surface area contributed by atoms with Gasteiger partial charge in [-0.25, -0.2) is 0 Å². The van der Waals surface area contributed by atoms with E-state index in [0.717, 1.165) is 18.4 Å². The molecule has 1 aliphatic carbocycles. The summed E-state index contributed by atoms with van der Waals surface area (Å²) >= 11 is 5.33. The van der Waals surface area contributed by atoms with Crippen LogP contribution in [0.1, 0.15) is 37.5 Å². The minimum atomic E-state index is 0.916. The Labute approximate surface area is 111 Å². The highest BCUT2D eigenvalue weighted by Crippen LogP contribution is 2.28. The molecule has 0 saturated heterocycles. The van der Waals surface area contributed by atoms with Crippen LogP contribution in [0.3, 0.4) is 0 Å². The molecule has 1 aliphatic rings. The average Bonchev–Trinajstić information content (AvgIpc) is 2.67. The molecule has 1 aromatic rings. The predicted octanol–water partition coefficient (Wildman–Crippen LogP) is 4.43. The average molecular weight is 302 g/mol. The van der Waals surface area contributed by atoms with E-state index in [9.17, 15) is 0 Å². The zero-order valence-corrected chi connectivity index (χ0v) is 12.2. The molecular weight excluding hydrogens is 282 g/mol. The highest BCUT2D eigenvalue weighted by Gasteiger charge is 2.17. The number of hydrogen-bond acceptors (Lipinski definition) is 2. The highest BCUT2D eigenvalue weighted by molar-refractivity contribution is 9.11. The third-order valence-electron chi connectivity index (χ3n) is 3.50. The fourth-order valence-electron chi connectivity index (χ4n) is 2.38. The molecule has 1 heterocycles. The first-order chi connectivity index (χ1) is 7.74. The van der Waals surface area contributed by atoms with Crippen LogP contribution in [0.25, 0.3) is 0 Å². The standard InChI is InChI=1S/C13H20BrNS/c1-10-2-4-11(5-3-10)8-15-9-12-6-7-13(14)16-12/h6-7,10-11,15H,2-5,8-9H2,1H3. The third kappa shape index (κ3) is 3.86. The largest absolute Gasteiger partial charge is 0.312 e. The number of halogens is 1. The maximum absolute atomic E-state index is 3.59. The summed E-state index contributed by atoms with van der Waals surface area (Å²) in [6.45, 7) is 4.61. The van der Waals surface area contributed by atoms with Gasteiger partial charge in [-0.1, -0.05) is 19.8 Å². The van der Waals surface area contributed by atoms with Gasteiger partial charge in [0.15, 0.2) is 0 Å². The summed E-state index contributed by atoms with van der Waals surface area (Å²) in [5, 5.41) is 3.59. The molecule has 1 aromatic heterocycles. The number of hydrogen-bond donors (Lipinski definition) is 1. The van der Waals surface area contributed by atoms with Crippen LogP contribution in [0.4, 0.5) is 0 Å². The van der Waals surface area contributed by atoms with Gasteiger partial charge in [0.05, 0.1) is 3.79 Å². The van der Waals surface area contributed by atoms with Crippen molar-refractivity contribution in [3.8, 4) is 0 Å². The van der Waals surface area contributed by atoms with Gasteiger partial charge in [-0.2, -0.15) is 0 Å². The molecule has 16 heavy (non-hydrogen) atoms. The summed E-state index contributed by atoms with van der Waals surface area (Å²) in [7, 11) is 0. The van der Waals surface area contributed by atoms with Gasteiger partial charge in [0.25, 0.3) is 0 Å². The van der Waals surface area contributed by atoms with E-state index >= 15 is 0 Å². The summed E-state index contributed by atoms with van der Waals surface area (Å²) in [6, 6.07) is 4.33.